The number of unbranched alkanes of at least 4 members (excludes halogenated alkanes) is 2. The van der Waals surface area contributed by atoms with E-state index >= 15 is 0 Å². The Hall–Kier alpha value is -2.67. The van der Waals surface area contributed by atoms with Crippen molar-refractivity contribution >= 4 is 21.8 Å². The summed E-state index contributed by atoms with van der Waals surface area (Å²) in [6.07, 6.45) is 4.85. The van der Waals surface area contributed by atoms with Gasteiger partial charge in [0.05, 0.1) is 4.90 Å². The first kappa shape index (κ1) is 22.0. The molecule has 0 aromatic heterocycles. The van der Waals surface area contributed by atoms with Crippen molar-refractivity contribution in [3.8, 4) is 0 Å². The van der Waals surface area contributed by atoms with Gasteiger partial charge in [-0.2, -0.15) is 0 Å². The molecule has 1 amide bonds. The summed E-state index contributed by atoms with van der Waals surface area (Å²) in [4.78, 5) is 16.8. The van der Waals surface area contributed by atoms with E-state index in [-0.39, 0.29) is 16.8 Å². The van der Waals surface area contributed by atoms with Crippen LogP contribution < -0.4 is 10.0 Å². The Morgan fingerprint density at radius 2 is 1.77 bits per heavy atom. The number of aliphatic imine (C=N–C) groups is 1. The highest BCUT2D eigenvalue weighted by Crippen LogP contribution is 2.22. The maximum Gasteiger partial charge on any atom is 0.263 e. The van der Waals surface area contributed by atoms with Crippen LogP contribution in [-0.4, -0.2) is 32.7 Å². The van der Waals surface area contributed by atoms with Gasteiger partial charge >= 0.3 is 0 Å². The number of aryl methyl sites for hydroxylation is 1. The number of nitrogens with one attached hydrogen (secondary N) is 2. The monoisotopic (exact) mass is 427 g/mol. The fourth-order valence-electron chi connectivity index (χ4n) is 3.46. The molecule has 0 radical (unpaired) electrons. The quantitative estimate of drug-likeness (QED) is 0.570. The topological polar surface area (TPSA) is 87.6 Å². The second kappa shape index (κ2) is 10.4. The molecule has 0 aliphatic carbocycles. The molecule has 2 aromatic rings. The second-order valence-electron chi connectivity index (χ2n) is 7.64. The number of sulfonamides is 1. The Morgan fingerprint density at radius 3 is 2.57 bits per heavy atom. The summed E-state index contributed by atoms with van der Waals surface area (Å²) in [7, 11) is -3.48. The van der Waals surface area contributed by atoms with Gasteiger partial charge in [0.1, 0.15) is 5.84 Å². The fraction of sp³-hybridized carbons (Fsp3) is 0.391. The highest BCUT2D eigenvalue weighted by Gasteiger charge is 2.29. The van der Waals surface area contributed by atoms with Crippen LogP contribution in [0.4, 0.5) is 0 Å². The summed E-state index contributed by atoms with van der Waals surface area (Å²) in [5, 5.41) is 3.06. The molecule has 1 unspecified atom stereocenters. The minimum Gasteiger partial charge on any atom is -0.354 e. The first-order valence-electron chi connectivity index (χ1n) is 10.5. The van der Waals surface area contributed by atoms with Gasteiger partial charge in [0, 0.05) is 24.6 Å². The molecule has 2 aromatic carbocycles. The van der Waals surface area contributed by atoms with E-state index in [0.717, 1.165) is 32.1 Å². The van der Waals surface area contributed by atoms with Gasteiger partial charge < -0.3 is 5.32 Å². The van der Waals surface area contributed by atoms with Crippen LogP contribution in [0.25, 0.3) is 0 Å². The normalized spacial score (nSPS) is 16.6. The number of fused-ring (bicyclic) bond motifs is 1. The molecule has 6 nitrogen and oxygen atoms in total. The molecule has 3 rings (SSSR count). The summed E-state index contributed by atoms with van der Waals surface area (Å²) < 4.78 is 26.6. The number of carbonyl (C=O) groups excluding carboxylic acids is 1. The first-order valence-corrected chi connectivity index (χ1v) is 11.9. The Balaban J connectivity index is 1.32. The van der Waals surface area contributed by atoms with E-state index in [4.69, 9.17) is 0 Å². The Labute approximate surface area is 178 Å². The lowest BCUT2D eigenvalue weighted by molar-refractivity contribution is -0.121. The van der Waals surface area contributed by atoms with Gasteiger partial charge in [0.2, 0.25) is 5.91 Å². The highest BCUT2D eigenvalue weighted by atomic mass is 32.2. The number of amidine groups is 1. The number of amides is 1. The second-order valence-corrected chi connectivity index (χ2v) is 9.29. The van der Waals surface area contributed by atoms with Gasteiger partial charge in [0.15, 0.2) is 0 Å². The molecule has 0 saturated heterocycles. The molecular weight excluding hydrogens is 398 g/mol. The van der Waals surface area contributed by atoms with E-state index in [0.29, 0.717) is 24.4 Å². The summed E-state index contributed by atoms with van der Waals surface area (Å²) >= 11 is 0. The molecule has 160 valence electrons. The minimum atomic E-state index is -3.48. The maximum atomic E-state index is 12.1. The minimum absolute atomic E-state index is 0.0827. The average Bonchev–Trinajstić information content (AvgIpc) is 3.00. The Kier molecular flexibility index (Phi) is 7.63. The zero-order valence-electron chi connectivity index (χ0n) is 17.3. The van der Waals surface area contributed by atoms with Crippen LogP contribution in [-0.2, 0) is 21.2 Å². The summed E-state index contributed by atoms with van der Waals surface area (Å²) in [6.45, 7) is 2.57. The number of rotatable bonds is 10. The lowest BCUT2D eigenvalue weighted by Crippen LogP contribution is -2.32. The summed E-state index contributed by atoms with van der Waals surface area (Å²) in [5.41, 5.74) is 1.91. The Bertz CT molecular complexity index is 988. The average molecular weight is 428 g/mol. The largest absolute Gasteiger partial charge is 0.354 e. The lowest BCUT2D eigenvalue weighted by Gasteiger charge is -2.13. The summed E-state index contributed by atoms with van der Waals surface area (Å²) in [6, 6.07) is 17.3. The van der Waals surface area contributed by atoms with Crippen molar-refractivity contribution in [3.05, 3.63) is 65.7 Å². The van der Waals surface area contributed by atoms with Gasteiger partial charge in [-0.1, -0.05) is 48.9 Å². The van der Waals surface area contributed by atoms with Gasteiger partial charge in [-0.25, -0.2) is 8.42 Å². The van der Waals surface area contributed by atoms with E-state index in [1.807, 2.05) is 25.1 Å². The van der Waals surface area contributed by atoms with Crippen LogP contribution >= 0.6 is 0 Å². The predicted octanol–water partition coefficient (Wildman–Crippen LogP) is 3.42. The van der Waals surface area contributed by atoms with Crippen molar-refractivity contribution in [2.24, 2.45) is 4.99 Å². The zero-order valence-corrected chi connectivity index (χ0v) is 18.1. The number of hydrogen-bond donors (Lipinski definition) is 2. The molecule has 7 heteroatoms. The molecule has 1 aliphatic heterocycles. The molecular formula is C23H29N3O3S. The lowest BCUT2D eigenvalue weighted by atomic mass is 10.1. The first-order chi connectivity index (χ1) is 14.5. The van der Waals surface area contributed by atoms with Crippen LogP contribution in [0.1, 0.15) is 50.2 Å². The van der Waals surface area contributed by atoms with Gasteiger partial charge in [0.25, 0.3) is 10.0 Å². The van der Waals surface area contributed by atoms with Gasteiger partial charge in [-0.3, -0.25) is 14.5 Å². The van der Waals surface area contributed by atoms with E-state index in [9.17, 15) is 13.2 Å². The molecule has 30 heavy (non-hydrogen) atoms. The molecule has 0 fully saturated rings. The number of carbonyl (C=O) groups is 1. The van der Waals surface area contributed by atoms with Crippen molar-refractivity contribution in [1.29, 1.82) is 0 Å². The predicted molar refractivity (Wildman–Crippen MR) is 119 cm³/mol. The SMILES string of the molecule is CC(CCc1ccccc1)NC(=O)CCCCCN=C1NS(=O)(=O)c2ccccc21. The molecule has 0 saturated carbocycles. The molecule has 1 aliphatic rings. The van der Waals surface area contributed by atoms with Crippen molar-refractivity contribution in [2.75, 3.05) is 6.54 Å². The number of nitrogens with zero attached hydrogens (tertiary/aromatic N) is 1. The summed E-state index contributed by atoms with van der Waals surface area (Å²) in [5.74, 6) is 0.495. The molecule has 0 spiro atoms. The third-order valence-electron chi connectivity index (χ3n) is 5.11. The third-order valence-corrected chi connectivity index (χ3v) is 6.51. The van der Waals surface area contributed by atoms with Crippen LogP contribution in [0.5, 0.6) is 0 Å². The van der Waals surface area contributed by atoms with Crippen LogP contribution in [0, 0.1) is 0 Å². The third kappa shape index (κ3) is 6.16. The number of benzene rings is 2. The van der Waals surface area contributed by atoms with Crippen molar-refractivity contribution in [3.63, 3.8) is 0 Å². The zero-order chi connectivity index (χ0) is 21.4. The van der Waals surface area contributed by atoms with Crippen molar-refractivity contribution in [1.82, 2.24) is 10.0 Å². The maximum absolute atomic E-state index is 12.1. The van der Waals surface area contributed by atoms with Crippen LogP contribution in [0.3, 0.4) is 0 Å². The van der Waals surface area contributed by atoms with E-state index in [1.165, 1.54) is 5.56 Å². The van der Waals surface area contributed by atoms with Gasteiger partial charge in [-0.05, 0) is 50.3 Å². The Morgan fingerprint density at radius 1 is 1.03 bits per heavy atom. The van der Waals surface area contributed by atoms with Gasteiger partial charge in [-0.15, -0.1) is 0 Å². The standard InChI is InChI=1S/C23H29N3O3S/c1-18(15-16-19-10-4-2-5-11-19)25-22(27)14-6-3-9-17-24-23-20-12-7-8-13-21(20)30(28,29)26-23/h2,4-5,7-8,10-13,18H,3,6,9,14-17H2,1H3,(H,24,26)(H,25,27). The van der Waals surface area contributed by atoms with Crippen LogP contribution in [0.2, 0.25) is 0 Å². The molecule has 1 heterocycles. The smallest absolute Gasteiger partial charge is 0.263 e. The van der Waals surface area contributed by atoms with Crippen molar-refractivity contribution < 1.29 is 13.2 Å². The highest BCUT2D eigenvalue weighted by molar-refractivity contribution is 7.90. The number of hydrogen-bond acceptors (Lipinski definition) is 4. The van der Waals surface area contributed by atoms with E-state index in [2.05, 4.69) is 27.2 Å². The molecule has 1 atom stereocenters. The molecule has 0 bridgehead atoms. The van der Waals surface area contributed by atoms with Crippen LogP contribution in [0.15, 0.2) is 64.5 Å². The molecule has 2 N–H and O–H groups in total. The van der Waals surface area contributed by atoms with Crippen molar-refractivity contribution in [2.45, 2.75) is 56.4 Å². The fourth-order valence-corrected chi connectivity index (χ4v) is 4.71. The van der Waals surface area contributed by atoms with E-state index in [1.54, 1.807) is 24.3 Å². The van der Waals surface area contributed by atoms with E-state index < -0.39 is 10.0 Å².